The zero-order valence-corrected chi connectivity index (χ0v) is 13.6. The molecule has 0 saturated carbocycles. The van der Waals surface area contributed by atoms with Gasteiger partial charge < -0.3 is 15.7 Å². The van der Waals surface area contributed by atoms with Crippen molar-refractivity contribution in [2.24, 2.45) is 5.92 Å². The van der Waals surface area contributed by atoms with Gasteiger partial charge >= 0.3 is 12.2 Å². The molecule has 3 N–H and O–H groups in total. The molecule has 0 aliphatic carbocycles. The third-order valence-corrected chi connectivity index (χ3v) is 4.39. The maximum absolute atomic E-state index is 14.2. The highest BCUT2D eigenvalue weighted by Crippen LogP contribution is 2.44. The number of halogens is 4. The van der Waals surface area contributed by atoms with Gasteiger partial charge in [-0.2, -0.15) is 13.2 Å². The van der Waals surface area contributed by atoms with E-state index in [2.05, 4.69) is 5.32 Å². The average molecular weight is 382 g/mol. The van der Waals surface area contributed by atoms with Crippen LogP contribution in [0.2, 0.25) is 0 Å². The molecule has 9 heteroatoms. The minimum atomic E-state index is -5.39. The molecule has 1 heterocycles. The summed E-state index contributed by atoms with van der Waals surface area (Å²) in [4.78, 5) is 24.7. The summed E-state index contributed by atoms with van der Waals surface area (Å²) < 4.78 is 55.3. The van der Waals surface area contributed by atoms with Gasteiger partial charge in [0.15, 0.2) is 5.78 Å². The molecule has 2 aromatic rings. The van der Waals surface area contributed by atoms with E-state index in [0.29, 0.717) is 0 Å². The lowest BCUT2D eigenvalue weighted by Crippen LogP contribution is -2.72. The average Bonchev–Trinajstić information content (AvgIpc) is 2.61. The highest BCUT2D eigenvalue weighted by molar-refractivity contribution is 6.00. The zero-order chi connectivity index (χ0) is 19.8. The number of hydrogen-bond acceptors (Lipinski definition) is 3. The molecule has 2 aromatic carbocycles. The summed E-state index contributed by atoms with van der Waals surface area (Å²) in [5.74, 6) is -4.27. The van der Waals surface area contributed by atoms with Crippen LogP contribution in [-0.4, -0.2) is 28.8 Å². The van der Waals surface area contributed by atoms with Crippen LogP contribution >= 0.6 is 0 Å². The van der Waals surface area contributed by atoms with Gasteiger partial charge in [-0.15, -0.1) is 0 Å². The molecule has 1 aliphatic rings. The SMILES string of the molecule is O=C1N[C@H](c2ccccc2F)[C@@H](C(=O)c2ccccc2)[C@](O)(C(F)(F)F)N1. The quantitative estimate of drug-likeness (QED) is 0.564. The van der Waals surface area contributed by atoms with Crippen LogP contribution in [0.4, 0.5) is 22.4 Å². The number of nitrogens with one attached hydrogen (secondary N) is 2. The topological polar surface area (TPSA) is 78.4 Å². The molecule has 0 bridgehead atoms. The number of ketones is 1. The van der Waals surface area contributed by atoms with Gasteiger partial charge in [0, 0.05) is 11.1 Å². The van der Waals surface area contributed by atoms with E-state index in [1.54, 1.807) is 6.07 Å². The molecule has 1 saturated heterocycles. The molecule has 142 valence electrons. The second-order valence-electron chi connectivity index (χ2n) is 6.07. The van der Waals surface area contributed by atoms with Crippen molar-refractivity contribution in [3.8, 4) is 0 Å². The van der Waals surface area contributed by atoms with Crippen LogP contribution in [0.5, 0.6) is 0 Å². The molecule has 2 amide bonds. The Morgan fingerprint density at radius 1 is 1.04 bits per heavy atom. The van der Waals surface area contributed by atoms with E-state index in [1.807, 2.05) is 0 Å². The number of urea groups is 1. The number of carbonyl (C=O) groups is 2. The molecule has 0 spiro atoms. The Balaban J connectivity index is 2.19. The number of aliphatic hydroxyl groups is 1. The van der Waals surface area contributed by atoms with Crippen LogP contribution in [0.15, 0.2) is 54.6 Å². The normalized spacial score (nSPS) is 25.4. The standard InChI is InChI=1S/C18H14F4N2O3/c19-12-9-5-4-8-11(12)14-13(15(25)10-6-2-1-3-7-10)17(27,18(20,21)22)24-16(26)23-14/h1-9,13-14,27H,(H2,23,24,26)/t13-,14+,17-/m0/s1. The van der Waals surface area contributed by atoms with E-state index in [-0.39, 0.29) is 11.1 Å². The third-order valence-electron chi connectivity index (χ3n) is 4.39. The van der Waals surface area contributed by atoms with Crippen molar-refractivity contribution in [3.05, 3.63) is 71.5 Å². The second kappa shape index (κ2) is 6.66. The minimum Gasteiger partial charge on any atom is -0.363 e. The van der Waals surface area contributed by atoms with Gasteiger partial charge in [0.25, 0.3) is 0 Å². The Hall–Kier alpha value is -2.94. The van der Waals surface area contributed by atoms with Crippen LogP contribution in [0, 0.1) is 11.7 Å². The van der Waals surface area contributed by atoms with Gasteiger partial charge in [0.2, 0.25) is 5.72 Å². The largest absolute Gasteiger partial charge is 0.437 e. The number of hydrogen-bond donors (Lipinski definition) is 3. The molecule has 3 atom stereocenters. The summed E-state index contributed by atoms with van der Waals surface area (Å²) in [6, 6.07) is 8.66. The Kier molecular flexibility index (Phi) is 4.64. The van der Waals surface area contributed by atoms with E-state index < -0.39 is 41.5 Å². The summed E-state index contributed by atoms with van der Waals surface area (Å²) in [5.41, 5.74) is -4.34. The number of Topliss-reactive ketones (excluding diaryl/α,β-unsaturated/α-hetero) is 1. The summed E-state index contributed by atoms with van der Waals surface area (Å²) in [7, 11) is 0. The lowest BCUT2D eigenvalue weighted by molar-refractivity contribution is -0.287. The van der Waals surface area contributed by atoms with Crippen molar-refractivity contribution >= 4 is 11.8 Å². The minimum absolute atomic E-state index is 0.121. The molecule has 0 radical (unpaired) electrons. The predicted octanol–water partition coefficient (Wildman–Crippen LogP) is 2.93. The summed E-state index contributed by atoms with van der Waals surface area (Å²) in [6.45, 7) is 0. The number of rotatable bonds is 3. The molecular weight excluding hydrogens is 368 g/mol. The van der Waals surface area contributed by atoms with Crippen molar-refractivity contribution < 1.29 is 32.3 Å². The molecule has 0 aromatic heterocycles. The van der Waals surface area contributed by atoms with Gasteiger partial charge in [0.1, 0.15) is 11.7 Å². The first-order chi connectivity index (χ1) is 12.6. The molecule has 0 unspecified atom stereocenters. The van der Waals surface area contributed by atoms with Crippen LogP contribution in [0.3, 0.4) is 0 Å². The van der Waals surface area contributed by atoms with Crippen LogP contribution in [0.1, 0.15) is 22.0 Å². The van der Waals surface area contributed by atoms with Crippen molar-refractivity contribution in [2.75, 3.05) is 0 Å². The van der Waals surface area contributed by atoms with Gasteiger partial charge in [-0.05, 0) is 6.07 Å². The maximum atomic E-state index is 14.2. The number of amides is 2. The molecule has 1 fully saturated rings. The smallest absolute Gasteiger partial charge is 0.363 e. The van der Waals surface area contributed by atoms with Crippen LogP contribution in [0.25, 0.3) is 0 Å². The van der Waals surface area contributed by atoms with Crippen molar-refractivity contribution in [1.29, 1.82) is 0 Å². The summed E-state index contributed by atoms with van der Waals surface area (Å²) in [6.07, 6.45) is -5.39. The van der Waals surface area contributed by atoms with Crippen molar-refractivity contribution in [3.63, 3.8) is 0 Å². The number of alkyl halides is 3. The second-order valence-corrected chi connectivity index (χ2v) is 6.07. The maximum Gasteiger partial charge on any atom is 0.437 e. The van der Waals surface area contributed by atoms with E-state index in [9.17, 15) is 32.3 Å². The Labute approximate surface area is 151 Å². The first kappa shape index (κ1) is 18.8. The van der Waals surface area contributed by atoms with Crippen LogP contribution in [-0.2, 0) is 0 Å². The summed E-state index contributed by atoms with van der Waals surface area (Å²) in [5, 5.41) is 13.9. The number of carbonyl (C=O) groups excluding carboxylic acids is 2. The van der Waals surface area contributed by atoms with Gasteiger partial charge in [0.05, 0.1) is 6.04 Å². The lowest BCUT2D eigenvalue weighted by atomic mass is 9.77. The van der Waals surface area contributed by atoms with Crippen molar-refractivity contribution in [2.45, 2.75) is 17.9 Å². The van der Waals surface area contributed by atoms with E-state index in [0.717, 1.165) is 12.1 Å². The van der Waals surface area contributed by atoms with Crippen molar-refractivity contribution in [1.82, 2.24) is 10.6 Å². The van der Waals surface area contributed by atoms with E-state index in [1.165, 1.54) is 41.7 Å². The molecule has 3 rings (SSSR count). The van der Waals surface area contributed by atoms with E-state index >= 15 is 0 Å². The van der Waals surface area contributed by atoms with Gasteiger partial charge in [-0.1, -0.05) is 48.5 Å². The first-order valence-corrected chi connectivity index (χ1v) is 7.86. The number of benzene rings is 2. The molecule has 27 heavy (non-hydrogen) atoms. The highest BCUT2D eigenvalue weighted by atomic mass is 19.4. The van der Waals surface area contributed by atoms with Gasteiger partial charge in [-0.3, -0.25) is 4.79 Å². The lowest BCUT2D eigenvalue weighted by Gasteiger charge is -2.45. The molecule has 5 nitrogen and oxygen atoms in total. The molecular formula is C18H14F4N2O3. The summed E-state index contributed by atoms with van der Waals surface area (Å²) >= 11 is 0. The molecule has 1 aliphatic heterocycles. The van der Waals surface area contributed by atoms with Gasteiger partial charge in [-0.25, -0.2) is 9.18 Å². The monoisotopic (exact) mass is 382 g/mol. The Bertz CT molecular complexity index is 872. The fourth-order valence-corrected chi connectivity index (χ4v) is 3.11. The first-order valence-electron chi connectivity index (χ1n) is 7.86. The highest BCUT2D eigenvalue weighted by Gasteiger charge is 2.66. The third kappa shape index (κ3) is 3.25. The Morgan fingerprint density at radius 3 is 2.22 bits per heavy atom. The fourth-order valence-electron chi connectivity index (χ4n) is 3.11. The predicted molar refractivity (Wildman–Crippen MR) is 86.1 cm³/mol. The zero-order valence-electron chi connectivity index (χ0n) is 13.6. The fraction of sp³-hybridized carbons (Fsp3) is 0.222. The Morgan fingerprint density at radius 2 is 1.63 bits per heavy atom. The van der Waals surface area contributed by atoms with Crippen LogP contribution < -0.4 is 10.6 Å². The van der Waals surface area contributed by atoms with E-state index in [4.69, 9.17) is 0 Å².